The third-order valence-electron chi connectivity index (χ3n) is 3.21. The van der Waals surface area contributed by atoms with Crippen LogP contribution in [0.5, 0.6) is 0 Å². The quantitative estimate of drug-likeness (QED) is 0.665. The Morgan fingerprint density at radius 3 is 2.67 bits per heavy atom. The van der Waals surface area contributed by atoms with E-state index in [1.165, 1.54) is 24.8 Å². The predicted octanol–water partition coefficient (Wildman–Crippen LogP) is 3.25. The summed E-state index contributed by atoms with van der Waals surface area (Å²) in [6.45, 7) is 4.87. The molecule has 1 unspecified atom stereocenters. The van der Waals surface area contributed by atoms with Crippen LogP contribution in [-0.2, 0) is 5.54 Å². The Morgan fingerprint density at radius 1 is 1.27 bits per heavy atom. The van der Waals surface area contributed by atoms with Gasteiger partial charge in [-0.15, -0.1) is 6.58 Å². The number of rotatable bonds is 3. The highest BCUT2D eigenvalue weighted by atomic mass is 15.0. The molecule has 1 atom stereocenters. The van der Waals surface area contributed by atoms with Crippen molar-refractivity contribution < 1.29 is 0 Å². The summed E-state index contributed by atoms with van der Waals surface area (Å²) in [5.74, 6) is 0. The van der Waals surface area contributed by atoms with E-state index in [4.69, 9.17) is 5.32 Å². The molecule has 1 aliphatic heterocycles. The molecule has 1 aromatic rings. The van der Waals surface area contributed by atoms with Crippen LogP contribution in [0.1, 0.15) is 31.2 Å². The van der Waals surface area contributed by atoms with Crippen molar-refractivity contribution in [3.63, 3.8) is 0 Å². The first-order valence-corrected chi connectivity index (χ1v) is 5.72. The fourth-order valence-corrected chi connectivity index (χ4v) is 2.41. The standard InChI is InChI=1S/C14H18N/c1-2-10-14(11-6-7-12-15-14)13-8-4-3-5-9-13/h2-5,8-9H,1,6-7,10-12H2. The summed E-state index contributed by atoms with van der Waals surface area (Å²) in [6.07, 6.45) is 6.67. The first-order valence-electron chi connectivity index (χ1n) is 5.72. The van der Waals surface area contributed by atoms with Crippen LogP contribution in [0.3, 0.4) is 0 Å². The van der Waals surface area contributed by atoms with E-state index in [1.807, 2.05) is 6.08 Å². The fourth-order valence-electron chi connectivity index (χ4n) is 2.41. The molecular formula is C14H18N. The van der Waals surface area contributed by atoms with Gasteiger partial charge in [-0.3, -0.25) is 0 Å². The molecule has 1 fully saturated rings. The molecule has 0 N–H and O–H groups in total. The normalized spacial score (nSPS) is 26.1. The minimum Gasteiger partial charge on any atom is -0.230 e. The zero-order chi connectivity index (χ0) is 10.6. The predicted molar refractivity (Wildman–Crippen MR) is 63.8 cm³/mol. The van der Waals surface area contributed by atoms with Crippen LogP contribution in [-0.4, -0.2) is 6.54 Å². The Balaban J connectivity index is 2.29. The van der Waals surface area contributed by atoms with Crippen LogP contribution in [0, 0.1) is 0 Å². The maximum Gasteiger partial charge on any atom is 0.0639 e. The molecule has 1 aromatic carbocycles. The van der Waals surface area contributed by atoms with Gasteiger partial charge in [0.05, 0.1) is 5.54 Å². The van der Waals surface area contributed by atoms with Crippen molar-refractivity contribution >= 4 is 0 Å². The lowest BCUT2D eigenvalue weighted by Gasteiger charge is -2.36. The van der Waals surface area contributed by atoms with Gasteiger partial charge in [0.25, 0.3) is 0 Å². The number of nitrogens with zero attached hydrogens (tertiary/aromatic N) is 1. The van der Waals surface area contributed by atoms with Crippen molar-refractivity contribution in [1.82, 2.24) is 5.32 Å². The van der Waals surface area contributed by atoms with Gasteiger partial charge in [0.2, 0.25) is 0 Å². The summed E-state index contributed by atoms with van der Waals surface area (Å²) in [4.78, 5) is 0. The molecule has 0 spiro atoms. The first kappa shape index (κ1) is 10.4. The van der Waals surface area contributed by atoms with Gasteiger partial charge in [0.15, 0.2) is 0 Å². The van der Waals surface area contributed by atoms with Crippen molar-refractivity contribution in [2.75, 3.05) is 6.54 Å². The Bertz CT molecular complexity index is 309. The number of piperidine rings is 1. The highest BCUT2D eigenvalue weighted by Gasteiger charge is 2.33. The summed E-state index contributed by atoms with van der Waals surface area (Å²) in [5, 5.41) is 4.85. The summed E-state index contributed by atoms with van der Waals surface area (Å²) < 4.78 is 0. The van der Waals surface area contributed by atoms with Crippen LogP contribution in [0.2, 0.25) is 0 Å². The van der Waals surface area contributed by atoms with Gasteiger partial charge in [0.1, 0.15) is 0 Å². The van der Waals surface area contributed by atoms with E-state index >= 15 is 0 Å². The lowest BCUT2D eigenvalue weighted by molar-refractivity contribution is 0.252. The van der Waals surface area contributed by atoms with Gasteiger partial charge in [-0.2, -0.15) is 0 Å². The molecule has 1 radical (unpaired) electrons. The summed E-state index contributed by atoms with van der Waals surface area (Å²) in [7, 11) is 0. The molecule has 1 aliphatic rings. The monoisotopic (exact) mass is 200 g/mol. The largest absolute Gasteiger partial charge is 0.230 e. The van der Waals surface area contributed by atoms with Crippen molar-refractivity contribution in [2.24, 2.45) is 0 Å². The summed E-state index contributed by atoms with van der Waals surface area (Å²) >= 11 is 0. The SMILES string of the molecule is C=CCC1(c2ccccc2)CCCC[N]1. The summed E-state index contributed by atoms with van der Waals surface area (Å²) in [5.41, 5.74) is 1.38. The highest BCUT2D eigenvalue weighted by molar-refractivity contribution is 5.25. The summed E-state index contributed by atoms with van der Waals surface area (Å²) in [6, 6.07) is 10.7. The average Bonchev–Trinajstić information content (AvgIpc) is 2.32. The van der Waals surface area contributed by atoms with Gasteiger partial charge in [-0.1, -0.05) is 36.4 Å². The second kappa shape index (κ2) is 4.63. The minimum absolute atomic E-state index is 0.0290. The molecule has 0 bridgehead atoms. The zero-order valence-corrected chi connectivity index (χ0v) is 9.15. The van der Waals surface area contributed by atoms with Crippen LogP contribution in [0.4, 0.5) is 0 Å². The van der Waals surface area contributed by atoms with Crippen LogP contribution in [0.15, 0.2) is 43.0 Å². The molecule has 0 amide bonds. The first-order chi connectivity index (χ1) is 7.37. The van der Waals surface area contributed by atoms with Crippen molar-refractivity contribution in [3.05, 3.63) is 48.6 Å². The van der Waals surface area contributed by atoms with Crippen molar-refractivity contribution in [1.29, 1.82) is 0 Å². The fraction of sp³-hybridized carbons (Fsp3) is 0.429. The van der Waals surface area contributed by atoms with E-state index in [2.05, 4.69) is 36.9 Å². The molecule has 0 aliphatic carbocycles. The van der Waals surface area contributed by atoms with Crippen molar-refractivity contribution in [3.8, 4) is 0 Å². The minimum atomic E-state index is 0.0290. The Labute approximate surface area is 92.2 Å². The van der Waals surface area contributed by atoms with E-state index in [1.54, 1.807) is 0 Å². The Hall–Kier alpha value is -1.08. The second-order valence-electron chi connectivity index (χ2n) is 4.23. The number of hydrogen-bond acceptors (Lipinski definition) is 0. The lowest BCUT2D eigenvalue weighted by atomic mass is 9.80. The van der Waals surface area contributed by atoms with Crippen LogP contribution in [0.25, 0.3) is 0 Å². The molecule has 79 valence electrons. The average molecular weight is 200 g/mol. The lowest BCUT2D eigenvalue weighted by Crippen LogP contribution is -2.40. The molecule has 2 rings (SSSR count). The molecule has 1 heteroatoms. The molecule has 1 heterocycles. The molecule has 0 saturated carbocycles. The molecule has 0 aromatic heterocycles. The van der Waals surface area contributed by atoms with Crippen molar-refractivity contribution in [2.45, 2.75) is 31.2 Å². The van der Waals surface area contributed by atoms with E-state index in [-0.39, 0.29) is 5.54 Å². The third kappa shape index (κ3) is 2.13. The van der Waals surface area contributed by atoms with Gasteiger partial charge < -0.3 is 0 Å². The van der Waals surface area contributed by atoms with Gasteiger partial charge in [-0.05, 0) is 31.2 Å². The van der Waals surface area contributed by atoms with E-state index in [0.29, 0.717) is 0 Å². The van der Waals surface area contributed by atoms with Crippen LogP contribution >= 0.6 is 0 Å². The maximum absolute atomic E-state index is 4.85. The van der Waals surface area contributed by atoms with Gasteiger partial charge in [-0.25, -0.2) is 5.32 Å². The van der Waals surface area contributed by atoms with E-state index in [9.17, 15) is 0 Å². The second-order valence-corrected chi connectivity index (χ2v) is 4.23. The van der Waals surface area contributed by atoms with E-state index in [0.717, 1.165) is 13.0 Å². The molecular weight excluding hydrogens is 182 g/mol. The van der Waals surface area contributed by atoms with Gasteiger partial charge >= 0.3 is 0 Å². The third-order valence-corrected chi connectivity index (χ3v) is 3.21. The van der Waals surface area contributed by atoms with Crippen LogP contribution < -0.4 is 5.32 Å². The zero-order valence-electron chi connectivity index (χ0n) is 9.15. The molecule has 1 nitrogen and oxygen atoms in total. The van der Waals surface area contributed by atoms with Gasteiger partial charge in [0, 0.05) is 6.54 Å². The number of benzene rings is 1. The smallest absolute Gasteiger partial charge is 0.0639 e. The highest BCUT2D eigenvalue weighted by Crippen LogP contribution is 2.34. The topological polar surface area (TPSA) is 14.1 Å². The molecule has 1 saturated heterocycles. The molecule has 15 heavy (non-hydrogen) atoms. The number of hydrogen-bond donors (Lipinski definition) is 0. The Morgan fingerprint density at radius 2 is 2.07 bits per heavy atom. The maximum atomic E-state index is 4.85. The Kier molecular flexibility index (Phi) is 3.22. The van der Waals surface area contributed by atoms with E-state index < -0.39 is 0 Å².